The summed E-state index contributed by atoms with van der Waals surface area (Å²) in [6.45, 7) is 9.28. The number of alkyl carbamates (subject to hydrolysis) is 1. The van der Waals surface area contributed by atoms with Crippen molar-refractivity contribution in [1.82, 2.24) is 14.7 Å². The summed E-state index contributed by atoms with van der Waals surface area (Å²) in [5, 5.41) is 3.85. The third-order valence-electron chi connectivity index (χ3n) is 2.95. The molecule has 2 heterocycles. The van der Waals surface area contributed by atoms with Gasteiger partial charge < -0.3 is 15.0 Å². The van der Waals surface area contributed by atoms with Crippen LogP contribution in [-0.2, 0) is 11.2 Å². The molecule has 1 saturated heterocycles. The summed E-state index contributed by atoms with van der Waals surface area (Å²) in [5.41, 5.74) is -0.461. The number of amides is 1. The number of nitrogens with zero attached hydrogens (tertiary/aromatic N) is 3. The molecule has 0 saturated carbocycles. The number of hydrogen-bond donors (Lipinski definition) is 1. The Morgan fingerprint density at radius 2 is 2.30 bits per heavy atom. The van der Waals surface area contributed by atoms with E-state index in [1.54, 1.807) is 0 Å². The van der Waals surface area contributed by atoms with Crippen LogP contribution >= 0.6 is 11.5 Å². The van der Waals surface area contributed by atoms with Crippen LogP contribution < -0.4 is 10.2 Å². The van der Waals surface area contributed by atoms with E-state index in [1.807, 2.05) is 27.7 Å². The molecule has 2 rings (SSSR count). The molecule has 1 fully saturated rings. The van der Waals surface area contributed by atoms with Crippen molar-refractivity contribution in [2.24, 2.45) is 0 Å². The summed E-state index contributed by atoms with van der Waals surface area (Å²) in [6, 6.07) is 0.110. The van der Waals surface area contributed by atoms with Crippen molar-refractivity contribution < 1.29 is 9.53 Å². The van der Waals surface area contributed by atoms with Gasteiger partial charge in [-0.25, -0.2) is 9.78 Å². The highest BCUT2D eigenvalue weighted by Crippen LogP contribution is 2.22. The molecule has 0 unspecified atom stereocenters. The Balaban J connectivity index is 1.84. The maximum atomic E-state index is 11.7. The second-order valence-corrected chi connectivity index (χ2v) is 6.65. The quantitative estimate of drug-likeness (QED) is 0.926. The van der Waals surface area contributed by atoms with Crippen LogP contribution in [0.4, 0.5) is 9.93 Å². The molecule has 0 aliphatic carbocycles. The van der Waals surface area contributed by atoms with Crippen molar-refractivity contribution in [3.05, 3.63) is 5.82 Å². The predicted octanol–water partition coefficient (Wildman–Crippen LogP) is 2.20. The average Bonchev–Trinajstić information content (AvgIpc) is 2.93. The van der Waals surface area contributed by atoms with Gasteiger partial charge in [0.05, 0.1) is 6.04 Å². The Kier molecular flexibility index (Phi) is 4.47. The van der Waals surface area contributed by atoms with E-state index < -0.39 is 5.60 Å². The number of aryl methyl sites for hydroxylation is 1. The minimum absolute atomic E-state index is 0.110. The van der Waals surface area contributed by atoms with Crippen molar-refractivity contribution in [2.45, 2.75) is 52.2 Å². The molecule has 1 N–H and O–H groups in total. The number of carbonyl (C=O) groups is 1. The fourth-order valence-corrected chi connectivity index (χ4v) is 2.83. The normalized spacial score (nSPS) is 19.2. The fourth-order valence-electron chi connectivity index (χ4n) is 2.04. The van der Waals surface area contributed by atoms with Crippen LogP contribution in [0.2, 0.25) is 0 Å². The molecule has 0 radical (unpaired) electrons. The van der Waals surface area contributed by atoms with E-state index in [-0.39, 0.29) is 12.1 Å². The first kappa shape index (κ1) is 15.0. The van der Waals surface area contributed by atoms with Crippen LogP contribution in [0.1, 0.15) is 39.9 Å². The van der Waals surface area contributed by atoms with Gasteiger partial charge >= 0.3 is 6.09 Å². The van der Waals surface area contributed by atoms with Crippen molar-refractivity contribution >= 4 is 22.8 Å². The van der Waals surface area contributed by atoms with Gasteiger partial charge in [-0.1, -0.05) is 6.92 Å². The number of aromatic nitrogens is 2. The first-order valence-electron chi connectivity index (χ1n) is 6.94. The Morgan fingerprint density at radius 1 is 1.55 bits per heavy atom. The average molecular weight is 298 g/mol. The van der Waals surface area contributed by atoms with Crippen molar-refractivity contribution in [2.75, 3.05) is 18.0 Å². The summed E-state index contributed by atoms with van der Waals surface area (Å²) in [5.74, 6) is 0.883. The number of ether oxygens (including phenoxy) is 1. The Labute approximate surface area is 123 Å². The molecule has 1 aliphatic rings. The molecule has 1 aromatic rings. The second-order valence-electron chi connectivity index (χ2n) is 5.92. The van der Waals surface area contributed by atoms with Gasteiger partial charge in [0.15, 0.2) is 0 Å². The van der Waals surface area contributed by atoms with Crippen molar-refractivity contribution in [1.29, 1.82) is 0 Å². The maximum Gasteiger partial charge on any atom is 0.407 e. The zero-order valence-corrected chi connectivity index (χ0v) is 13.3. The molecule has 1 atom stereocenters. The molecule has 0 bridgehead atoms. The number of carbonyl (C=O) groups excluding carboxylic acids is 1. The largest absolute Gasteiger partial charge is 0.444 e. The van der Waals surface area contributed by atoms with Crippen LogP contribution in [0.3, 0.4) is 0 Å². The highest BCUT2D eigenvalue weighted by molar-refractivity contribution is 7.09. The molecule has 1 aromatic heterocycles. The number of hydrogen-bond acceptors (Lipinski definition) is 6. The van der Waals surface area contributed by atoms with Crippen LogP contribution in [0.15, 0.2) is 0 Å². The van der Waals surface area contributed by atoms with E-state index in [4.69, 9.17) is 4.74 Å². The Bertz CT molecular complexity index is 469. The SMILES string of the molecule is CCc1nsc(N2CC[C@@H](NC(=O)OC(C)(C)C)C2)n1. The molecule has 20 heavy (non-hydrogen) atoms. The highest BCUT2D eigenvalue weighted by atomic mass is 32.1. The van der Waals surface area contributed by atoms with Gasteiger partial charge in [-0.15, -0.1) is 0 Å². The van der Waals surface area contributed by atoms with Crippen LogP contribution in [-0.4, -0.2) is 40.2 Å². The smallest absolute Gasteiger partial charge is 0.407 e. The predicted molar refractivity (Wildman–Crippen MR) is 79.3 cm³/mol. The van der Waals surface area contributed by atoms with Crippen LogP contribution in [0.5, 0.6) is 0 Å². The van der Waals surface area contributed by atoms with E-state index in [1.165, 1.54) is 11.5 Å². The van der Waals surface area contributed by atoms with Gasteiger partial charge in [-0.05, 0) is 27.2 Å². The summed E-state index contributed by atoms with van der Waals surface area (Å²) in [7, 11) is 0. The zero-order valence-electron chi connectivity index (χ0n) is 12.5. The lowest BCUT2D eigenvalue weighted by atomic mass is 10.2. The molecule has 0 aromatic carbocycles. The molecule has 112 valence electrons. The number of rotatable bonds is 3. The number of anilines is 1. The van der Waals surface area contributed by atoms with E-state index in [0.717, 1.165) is 36.9 Å². The molecule has 0 spiro atoms. The fraction of sp³-hybridized carbons (Fsp3) is 0.769. The van der Waals surface area contributed by atoms with Gasteiger partial charge in [-0.3, -0.25) is 0 Å². The standard InChI is InChI=1S/C13H22N4O2S/c1-5-10-15-11(20-16-10)17-7-6-9(8-17)14-12(18)19-13(2,3)4/h9H,5-8H2,1-4H3,(H,14,18)/t9-/m1/s1. The first-order chi connectivity index (χ1) is 9.37. The van der Waals surface area contributed by atoms with Gasteiger partial charge in [0.1, 0.15) is 11.4 Å². The van der Waals surface area contributed by atoms with Gasteiger partial charge in [0.2, 0.25) is 5.13 Å². The maximum absolute atomic E-state index is 11.7. The van der Waals surface area contributed by atoms with E-state index in [2.05, 4.69) is 19.6 Å². The summed E-state index contributed by atoms with van der Waals surface area (Å²) in [4.78, 5) is 18.4. The minimum atomic E-state index is -0.461. The molecule has 6 nitrogen and oxygen atoms in total. The molecule has 1 amide bonds. The third-order valence-corrected chi connectivity index (χ3v) is 3.77. The lowest BCUT2D eigenvalue weighted by molar-refractivity contribution is 0.0509. The monoisotopic (exact) mass is 298 g/mol. The lowest BCUT2D eigenvalue weighted by Crippen LogP contribution is -2.40. The topological polar surface area (TPSA) is 67.4 Å². The van der Waals surface area contributed by atoms with E-state index >= 15 is 0 Å². The molecular formula is C13H22N4O2S. The molecule has 1 aliphatic heterocycles. The van der Waals surface area contributed by atoms with Gasteiger partial charge in [0, 0.05) is 31.0 Å². The van der Waals surface area contributed by atoms with Crippen LogP contribution in [0.25, 0.3) is 0 Å². The minimum Gasteiger partial charge on any atom is -0.444 e. The Morgan fingerprint density at radius 3 is 2.90 bits per heavy atom. The Hall–Kier alpha value is -1.37. The first-order valence-corrected chi connectivity index (χ1v) is 7.72. The van der Waals surface area contributed by atoms with Gasteiger partial charge in [0.25, 0.3) is 0 Å². The van der Waals surface area contributed by atoms with Crippen LogP contribution in [0, 0.1) is 0 Å². The summed E-state index contributed by atoms with van der Waals surface area (Å²) < 4.78 is 9.56. The zero-order chi connectivity index (χ0) is 14.8. The number of nitrogens with one attached hydrogen (secondary N) is 1. The van der Waals surface area contributed by atoms with Crippen molar-refractivity contribution in [3.8, 4) is 0 Å². The lowest BCUT2D eigenvalue weighted by Gasteiger charge is -2.21. The van der Waals surface area contributed by atoms with E-state index in [0.29, 0.717) is 0 Å². The van der Waals surface area contributed by atoms with E-state index in [9.17, 15) is 4.79 Å². The highest BCUT2D eigenvalue weighted by Gasteiger charge is 2.27. The second kappa shape index (κ2) is 5.95. The van der Waals surface area contributed by atoms with Crippen molar-refractivity contribution in [3.63, 3.8) is 0 Å². The van der Waals surface area contributed by atoms with Gasteiger partial charge in [-0.2, -0.15) is 4.37 Å². The molecule has 7 heteroatoms. The third kappa shape index (κ3) is 4.06. The summed E-state index contributed by atoms with van der Waals surface area (Å²) >= 11 is 1.42. The molecular weight excluding hydrogens is 276 g/mol. The summed E-state index contributed by atoms with van der Waals surface area (Å²) in [6.07, 6.45) is 1.40.